The SMILES string of the molecule is CCN(CC)S(=O)(=O)c1ccc(NC(=O)c2ccc(Cl)c(S(=O)(=O)Nc3ccccc3)c2)cc1. The molecular weight excluding hydrogens is 498 g/mol. The van der Waals surface area contributed by atoms with Gasteiger partial charge in [-0.2, -0.15) is 4.31 Å². The van der Waals surface area contributed by atoms with Gasteiger partial charge in [-0.05, 0) is 54.6 Å². The van der Waals surface area contributed by atoms with Crippen LogP contribution in [0.15, 0.2) is 82.6 Å². The number of carbonyl (C=O) groups excluding carboxylic acids is 1. The summed E-state index contributed by atoms with van der Waals surface area (Å²) in [4.78, 5) is 12.6. The van der Waals surface area contributed by atoms with Crippen molar-refractivity contribution >= 4 is 48.9 Å². The van der Waals surface area contributed by atoms with Crippen molar-refractivity contribution in [2.24, 2.45) is 0 Å². The van der Waals surface area contributed by atoms with Gasteiger partial charge in [0, 0.05) is 30.0 Å². The second-order valence-electron chi connectivity index (χ2n) is 7.18. The molecule has 0 spiro atoms. The normalized spacial score (nSPS) is 11.9. The van der Waals surface area contributed by atoms with Crippen molar-refractivity contribution < 1.29 is 21.6 Å². The predicted octanol–water partition coefficient (Wildman–Crippen LogP) is 4.42. The van der Waals surface area contributed by atoms with E-state index >= 15 is 0 Å². The quantitative estimate of drug-likeness (QED) is 0.432. The number of para-hydroxylation sites is 1. The first-order chi connectivity index (χ1) is 16.1. The highest BCUT2D eigenvalue weighted by atomic mass is 35.5. The molecule has 8 nitrogen and oxygen atoms in total. The molecular formula is C23H24ClN3O5S2. The number of nitrogens with one attached hydrogen (secondary N) is 2. The van der Waals surface area contributed by atoms with Crippen LogP contribution in [-0.2, 0) is 20.0 Å². The molecule has 0 saturated heterocycles. The Bertz CT molecular complexity index is 1370. The fraction of sp³-hybridized carbons (Fsp3) is 0.174. The van der Waals surface area contributed by atoms with Gasteiger partial charge in [-0.25, -0.2) is 16.8 Å². The largest absolute Gasteiger partial charge is 0.322 e. The van der Waals surface area contributed by atoms with Crippen molar-refractivity contribution in [1.29, 1.82) is 0 Å². The van der Waals surface area contributed by atoms with Crippen LogP contribution in [-0.4, -0.2) is 40.1 Å². The number of anilines is 2. The van der Waals surface area contributed by atoms with Crippen LogP contribution >= 0.6 is 11.6 Å². The zero-order valence-corrected chi connectivity index (χ0v) is 20.9. The number of sulfonamides is 2. The van der Waals surface area contributed by atoms with Gasteiger partial charge in [-0.1, -0.05) is 43.6 Å². The van der Waals surface area contributed by atoms with E-state index < -0.39 is 26.0 Å². The molecule has 0 aliphatic rings. The third-order valence-electron chi connectivity index (χ3n) is 4.96. The Balaban J connectivity index is 1.81. The average Bonchev–Trinajstić information content (AvgIpc) is 2.80. The topological polar surface area (TPSA) is 113 Å². The summed E-state index contributed by atoms with van der Waals surface area (Å²) < 4.78 is 54.6. The molecule has 11 heteroatoms. The lowest BCUT2D eigenvalue weighted by atomic mass is 10.2. The smallest absolute Gasteiger partial charge is 0.263 e. The first-order valence-corrected chi connectivity index (χ1v) is 13.7. The van der Waals surface area contributed by atoms with Gasteiger partial charge in [0.1, 0.15) is 4.90 Å². The summed E-state index contributed by atoms with van der Waals surface area (Å²) in [5, 5.41) is 2.60. The summed E-state index contributed by atoms with van der Waals surface area (Å²) >= 11 is 6.11. The Hall–Kier alpha value is -2.92. The van der Waals surface area contributed by atoms with Crippen LogP contribution in [0.1, 0.15) is 24.2 Å². The lowest BCUT2D eigenvalue weighted by molar-refractivity contribution is 0.102. The van der Waals surface area contributed by atoms with E-state index in [4.69, 9.17) is 11.6 Å². The van der Waals surface area contributed by atoms with Crippen LogP contribution in [0.2, 0.25) is 5.02 Å². The average molecular weight is 522 g/mol. The first kappa shape index (κ1) is 25.7. The molecule has 0 aliphatic heterocycles. The molecule has 0 radical (unpaired) electrons. The standard InChI is InChI=1S/C23H24ClN3O5S2/c1-3-27(4-2)34(31,32)20-13-11-18(12-14-20)25-23(28)17-10-15-21(24)22(16-17)33(29,30)26-19-8-6-5-7-9-19/h5-16,26H,3-4H2,1-2H3,(H,25,28). The number of carbonyl (C=O) groups is 1. The van der Waals surface area contributed by atoms with Crippen LogP contribution in [0.5, 0.6) is 0 Å². The summed E-state index contributed by atoms with van der Waals surface area (Å²) in [5.74, 6) is -0.577. The van der Waals surface area contributed by atoms with Gasteiger partial charge in [0.15, 0.2) is 0 Å². The summed E-state index contributed by atoms with van der Waals surface area (Å²) in [6.45, 7) is 4.20. The summed E-state index contributed by atoms with van der Waals surface area (Å²) in [7, 11) is -7.66. The maximum absolute atomic E-state index is 12.8. The fourth-order valence-corrected chi connectivity index (χ4v) is 6.24. The van der Waals surface area contributed by atoms with Crippen molar-refractivity contribution in [2.45, 2.75) is 23.6 Å². The zero-order chi connectivity index (χ0) is 24.9. The number of hydrogen-bond donors (Lipinski definition) is 2. The van der Waals surface area contributed by atoms with E-state index in [1.54, 1.807) is 44.2 Å². The summed E-state index contributed by atoms with van der Waals surface area (Å²) in [5.41, 5.74) is 0.774. The van der Waals surface area contributed by atoms with Gasteiger partial charge in [0.05, 0.1) is 9.92 Å². The summed E-state index contributed by atoms with van der Waals surface area (Å²) in [6.07, 6.45) is 0. The molecule has 0 unspecified atom stereocenters. The van der Waals surface area contributed by atoms with E-state index in [1.165, 1.54) is 46.8 Å². The molecule has 0 saturated carbocycles. The molecule has 0 aromatic heterocycles. The van der Waals surface area contributed by atoms with E-state index in [-0.39, 0.29) is 20.4 Å². The number of hydrogen-bond acceptors (Lipinski definition) is 5. The highest BCUT2D eigenvalue weighted by Crippen LogP contribution is 2.26. The molecule has 3 aromatic rings. The molecule has 0 aliphatic carbocycles. The molecule has 1 amide bonds. The molecule has 3 rings (SSSR count). The van der Waals surface area contributed by atoms with Gasteiger partial charge < -0.3 is 5.32 Å². The van der Waals surface area contributed by atoms with E-state index in [1.807, 2.05) is 0 Å². The van der Waals surface area contributed by atoms with Gasteiger partial charge in [0.25, 0.3) is 15.9 Å². The maximum atomic E-state index is 12.8. The highest BCUT2D eigenvalue weighted by molar-refractivity contribution is 7.92. The van der Waals surface area contributed by atoms with E-state index in [0.717, 1.165) is 0 Å². The van der Waals surface area contributed by atoms with E-state index in [9.17, 15) is 21.6 Å². The molecule has 3 aromatic carbocycles. The van der Waals surface area contributed by atoms with Gasteiger partial charge in [0.2, 0.25) is 10.0 Å². The summed E-state index contributed by atoms with van der Waals surface area (Å²) in [6, 6.07) is 18.0. The Labute approximate surface area is 204 Å². The fourth-order valence-electron chi connectivity index (χ4n) is 3.19. The van der Waals surface area contributed by atoms with Crippen molar-refractivity contribution in [1.82, 2.24) is 4.31 Å². The molecule has 0 fully saturated rings. The number of benzene rings is 3. The lowest BCUT2D eigenvalue weighted by Crippen LogP contribution is -2.30. The van der Waals surface area contributed by atoms with E-state index in [0.29, 0.717) is 24.5 Å². The molecule has 2 N–H and O–H groups in total. The number of nitrogens with zero attached hydrogens (tertiary/aromatic N) is 1. The van der Waals surface area contributed by atoms with Crippen molar-refractivity contribution in [2.75, 3.05) is 23.1 Å². The minimum absolute atomic E-state index is 0.0362. The van der Waals surface area contributed by atoms with Crippen LogP contribution in [0, 0.1) is 0 Å². The Kier molecular flexibility index (Phi) is 7.98. The Morgan fingerprint density at radius 2 is 1.47 bits per heavy atom. The number of rotatable bonds is 9. The van der Waals surface area contributed by atoms with Crippen molar-refractivity contribution in [3.63, 3.8) is 0 Å². The predicted molar refractivity (Wildman–Crippen MR) is 133 cm³/mol. The molecule has 34 heavy (non-hydrogen) atoms. The third-order valence-corrected chi connectivity index (χ3v) is 8.89. The minimum Gasteiger partial charge on any atom is -0.322 e. The van der Waals surface area contributed by atoms with Gasteiger partial charge in [-0.3, -0.25) is 9.52 Å². The van der Waals surface area contributed by atoms with E-state index in [2.05, 4.69) is 10.0 Å². The molecule has 180 valence electrons. The number of amides is 1. The number of halogens is 1. The second-order valence-corrected chi connectivity index (χ2v) is 11.2. The zero-order valence-electron chi connectivity index (χ0n) is 18.5. The van der Waals surface area contributed by atoms with Crippen LogP contribution < -0.4 is 10.0 Å². The van der Waals surface area contributed by atoms with Crippen molar-refractivity contribution in [3.05, 3.63) is 83.4 Å². The monoisotopic (exact) mass is 521 g/mol. The second kappa shape index (κ2) is 10.6. The van der Waals surface area contributed by atoms with Gasteiger partial charge in [-0.15, -0.1) is 0 Å². The minimum atomic E-state index is -4.04. The maximum Gasteiger partial charge on any atom is 0.263 e. The van der Waals surface area contributed by atoms with Crippen molar-refractivity contribution in [3.8, 4) is 0 Å². The Morgan fingerprint density at radius 1 is 0.853 bits per heavy atom. The highest BCUT2D eigenvalue weighted by Gasteiger charge is 2.22. The van der Waals surface area contributed by atoms with Crippen LogP contribution in [0.3, 0.4) is 0 Å². The molecule has 0 bridgehead atoms. The van der Waals surface area contributed by atoms with Crippen LogP contribution in [0.25, 0.3) is 0 Å². The first-order valence-electron chi connectivity index (χ1n) is 10.4. The van der Waals surface area contributed by atoms with Crippen LogP contribution in [0.4, 0.5) is 11.4 Å². The van der Waals surface area contributed by atoms with Gasteiger partial charge >= 0.3 is 0 Å². The third kappa shape index (κ3) is 5.76. The molecule has 0 heterocycles. The Morgan fingerprint density at radius 3 is 2.06 bits per heavy atom. The lowest BCUT2D eigenvalue weighted by Gasteiger charge is -2.18. The molecule has 0 atom stereocenters.